The Hall–Kier alpha value is -1.88. The highest BCUT2D eigenvalue weighted by Gasteiger charge is 2.33. The summed E-state index contributed by atoms with van der Waals surface area (Å²) in [7, 11) is 0. The van der Waals surface area contributed by atoms with E-state index in [1.54, 1.807) is 0 Å². The van der Waals surface area contributed by atoms with Gasteiger partial charge in [0.1, 0.15) is 0 Å². The summed E-state index contributed by atoms with van der Waals surface area (Å²) in [5.41, 5.74) is 7.16. The Morgan fingerprint density at radius 1 is 1.22 bits per heavy atom. The zero-order valence-corrected chi connectivity index (χ0v) is 13.5. The summed E-state index contributed by atoms with van der Waals surface area (Å²) in [4.78, 5) is 28.3. The molecule has 1 aromatic rings. The molecule has 0 aliphatic carbocycles. The molecule has 0 radical (unpaired) electrons. The summed E-state index contributed by atoms with van der Waals surface area (Å²) in [6.45, 7) is 2.28. The van der Waals surface area contributed by atoms with E-state index in [4.69, 9.17) is 5.73 Å². The zero-order chi connectivity index (χ0) is 16.2. The van der Waals surface area contributed by atoms with Crippen LogP contribution in [-0.4, -0.2) is 47.3 Å². The van der Waals surface area contributed by atoms with Gasteiger partial charge in [0.05, 0.1) is 0 Å². The Morgan fingerprint density at radius 2 is 2.00 bits per heavy atom. The van der Waals surface area contributed by atoms with Crippen LogP contribution in [0.15, 0.2) is 30.3 Å². The third kappa shape index (κ3) is 3.72. The maximum absolute atomic E-state index is 12.6. The molecule has 0 unspecified atom stereocenters. The minimum atomic E-state index is -0.266. The monoisotopic (exact) mass is 315 g/mol. The molecule has 2 saturated heterocycles. The van der Waals surface area contributed by atoms with Crippen molar-refractivity contribution in [3.8, 4) is 0 Å². The largest absolute Gasteiger partial charge is 0.341 e. The topological polar surface area (TPSA) is 66.6 Å². The first kappa shape index (κ1) is 16.0. The third-order valence-electron chi connectivity index (χ3n) is 4.92. The van der Waals surface area contributed by atoms with Crippen LogP contribution < -0.4 is 5.73 Å². The maximum atomic E-state index is 12.6. The molecule has 2 aliphatic rings. The summed E-state index contributed by atoms with van der Waals surface area (Å²) in [6.07, 6.45) is 3.89. The molecule has 2 atom stereocenters. The van der Waals surface area contributed by atoms with Crippen LogP contribution in [0.2, 0.25) is 0 Å². The summed E-state index contributed by atoms with van der Waals surface area (Å²) < 4.78 is 0. The van der Waals surface area contributed by atoms with Crippen molar-refractivity contribution < 1.29 is 9.59 Å². The number of nitrogens with zero attached hydrogens (tertiary/aromatic N) is 2. The van der Waals surface area contributed by atoms with Gasteiger partial charge < -0.3 is 15.5 Å². The predicted molar refractivity (Wildman–Crippen MR) is 88.5 cm³/mol. The molecule has 2 fully saturated rings. The summed E-state index contributed by atoms with van der Waals surface area (Å²) in [5, 5.41) is 0. The Morgan fingerprint density at radius 3 is 2.70 bits per heavy atom. The normalized spacial score (nSPS) is 23.2. The van der Waals surface area contributed by atoms with Gasteiger partial charge in [0.25, 0.3) is 0 Å². The number of hydrogen-bond acceptors (Lipinski definition) is 3. The van der Waals surface area contributed by atoms with Crippen molar-refractivity contribution >= 4 is 11.8 Å². The predicted octanol–water partition coefficient (Wildman–Crippen LogP) is 1.69. The summed E-state index contributed by atoms with van der Waals surface area (Å²) >= 11 is 0. The van der Waals surface area contributed by atoms with E-state index >= 15 is 0 Å². The fraction of sp³-hybridized carbons (Fsp3) is 0.556. The second kappa shape index (κ2) is 7.13. The Bertz CT molecular complexity index is 561. The lowest BCUT2D eigenvalue weighted by molar-refractivity contribution is -0.137. The first-order valence-electron chi connectivity index (χ1n) is 8.53. The van der Waals surface area contributed by atoms with Crippen molar-refractivity contribution in [1.29, 1.82) is 0 Å². The van der Waals surface area contributed by atoms with Gasteiger partial charge in [-0.05, 0) is 24.8 Å². The molecular weight excluding hydrogens is 290 g/mol. The van der Waals surface area contributed by atoms with Crippen LogP contribution >= 0.6 is 0 Å². The molecule has 2 amide bonds. The molecular formula is C18H25N3O2. The SMILES string of the molecule is N[C@H](CC(=O)N1CCC[C@H](N2CCCC2=O)C1)c1ccccc1. The van der Waals surface area contributed by atoms with Crippen LogP contribution in [0.25, 0.3) is 0 Å². The van der Waals surface area contributed by atoms with Crippen LogP contribution in [0.1, 0.15) is 43.7 Å². The van der Waals surface area contributed by atoms with Crippen LogP contribution in [0.5, 0.6) is 0 Å². The van der Waals surface area contributed by atoms with E-state index in [1.807, 2.05) is 40.1 Å². The van der Waals surface area contributed by atoms with E-state index < -0.39 is 0 Å². The van der Waals surface area contributed by atoms with Crippen molar-refractivity contribution in [1.82, 2.24) is 9.80 Å². The molecule has 23 heavy (non-hydrogen) atoms. The number of rotatable bonds is 4. The average molecular weight is 315 g/mol. The number of hydrogen-bond donors (Lipinski definition) is 1. The smallest absolute Gasteiger partial charge is 0.224 e. The van der Waals surface area contributed by atoms with Gasteiger partial charge in [0.2, 0.25) is 11.8 Å². The van der Waals surface area contributed by atoms with Gasteiger partial charge >= 0.3 is 0 Å². The highest BCUT2D eigenvalue weighted by molar-refractivity contribution is 5.79. The lowest BCUT2D eigenvalue weighted by atomic mass is 10.0. The number of carbonyl (C=O) groups is 2. The number of nitrogens with two attached hydrogens (primary N) is 1. The van der Waals surface area contributed by atoms with Gasteiger partial charge in [-0.1, -0.05) is 30.3 Å². The number of piperidine rings is 1. The summed E-state index contributed by atoms with van der Waals surface area (Å²) in [5.74, 6) is 0.336. The van der Waals surface area contributed by atoms with Crippen molar-refractivity contribution in [2.75, 3.05) is 19.6 Å². The number of amides is 2. The lowest BCUT2D eigenvalue weighted by Gasteiger charge is -2.38. The quantitative estimate of drug-likeness (QED) is 0.919. The molecule has 2 heterocycles. The van der Waals surface area contributed by atoms with Crippen molar-refractivity contribution in [3.63, 3.8) is 0 Å². The standard InChI is InChI=1S/C18H25N3O2/c19-16(14-6-2-1-3-7-14)12-18(23)20-10-4-8-15(13-20)21-11-5-9-17(21)22/h1-3,6-7,15-16H,4-5,8-13,19H2/t15-,16+/m0/s1. The van der Waals surface area contributed by atoms with E-state index in [0.717, 1.165) is 37.9 Å². The molecule has 0 saturated carbocycles. The molecule has 1 aromatic carbocycles. The molecule has 2 N–H and O–H groups in total. The highest BCUT2D eigenvalue weighted by Crippen LogP contribution is 2.23. The zero-order valence-electron chi connectivity index (χ0n) is 13.5. The molecule has 124 valence electrons. The number of carbonyl (C=O) groups excluding carboxylic acids is 2. The van der Waals surface area contributed by atoms with Gasteiger partial charge in [-0.25, -0.2) is 0 Å². The minimum Gasteiger partial charge on any atom is -0.341 e. The number of likely N-dealkylation sites (tertiary alicyclic amines) is 2. The van der Waals surface area contributed by atoms with Crippen LogP contribution in [0, 0.1) is 0 Å². The van der Waals surface area contributed by atoms with Crippen LogP contribution in [0.4, 0.5) is 0 Å². The highest BCUT2D eigenvalue weighted by atomic mass is 16.2. The second-order valence-electron chi connectivity index (χ2n) is 6.55. The average Bonchev–Trinajstić information content (AvgIpc) is 3.02. The Balaban J connectivity index is 1.57. The van der Waals surface area contributed by atoms with E-state index in [0.29, 0.717) is 19.4 Å². The van der Waals surface area contributed by atoms with E-state index in [2.05, 4.69) is 0 Å². The van der Waals surface area contributed by atoms with Crippen molar-refractivity contribution in [2.24, 2.45) is 5.73 Å². The molecule has 5 nitrogen and oxygen atoms in total. The van der Waals surface area contributed by atoms with Gasteiger partial charge in [0, 0.05) is 44.6 Å². The minimum absolute atomic E-state index is 0.0951. The fourth-order valence-corrected chi connectivity index (χ4v) is 3.63. The molecule has 0 spiro atoms. The summed E-state index contributed by atoms with van der Waals surface area (Å²) in [6, 6.07) is 9.67. The van der Waals surface area contributed by atoms with Crippen molar-refractivity contribution in [2.45, 2.75) is 44.2 Å². The second-order valence-corrected chi connectivity index (χ2v) is 6.55. The molecule has 3 rings (SSSR count). The Labute approximate surface area is 137 Å². The Kier molecular flexibility index (Phi) is 4.96. The fourth-order valence-electron chi connectivity index (χ4n) is 3.63. The van der Waals surface area contributed by atoms with E-state index in [1.165, 1.54) is 0 Å². The van der Waals surface area contributed by atoms with E-state index in [9.17, 15) is 9.59 Å². The van der Waals surface area contributed by atoms with Gasteiger partial charge in [-0.15, -0.1) is 0 Å². The first-order valence-corrected chi connectivity index (χ1v) is 8.53. The van der Waals surface area contributed by atoms with E-state index in [-0.39, 0.29) is 23.9 Å². The van der Waals surface area contributed by atoms with Gasteiger partial charge in [-0.2, -0.15) is 0 Å². The van der Waals surface area contributed by atoms with Gasteiger partial charge in [0.15, 0.2) is 0 Å². The molecule has 2 aliphatic heterocycles. The maximum Gasteiger partial charge on any atom is 0.224 e. The molecule has 0 bridgehead atoms. The molecule has 0 aromatic heterocycles. The molecule has 5 heteroatoms. The lowest BCUT2D eigenvalue weighted by Crippen LogP contribution is -2.50. The van der Waals surface area contributed by atoms with Crippen molar-refractivity contribution in [3.05, 3.63) is 35.9 Å². The van der Waals surface area contributed by atoms with Gasteiger partial charge in [-0.3, -0.25) is 9.59 Å². The van der Waals surface area contributed by atoms with Crippen LogP contribution in [-0.2, 0) is 9.59 Å². The number of benzene rings is 1. The van der Waals surface area contributed by atoms with Crippen LogP contribution in [0.3, 0.4) is 0 Å². The first-order chi connectivity index (χ1) is 11.1. The third-order valence-corrected chi connectivity index (χ3v) is 4.92.